The lowest BCUT2D eigenvalue weighted by Gasteiger charge is -2.30. The second-order valence-corrected chi connectivity index (χ2v) is 7.77. The number of carbonyl (C=O) groups excluding carboxylic acids is 2. The largest absolute Gasteiger partial charge is 0.357 e. The molecule has 0 saturated heterocycles. The fourth-order valence-corrected chi connectivity index (χ4v) is 3.65. The van der Waals surface area contributed by atoms with E-state index in [9.17, 15) is 9.59 Å². The van der Waals surface area contributed by atoms with Crippen molar-refractivity contribution in [3.05, 3.63) is 64.7 Å². The van der Waals surface area contributed by atoms with Gasteiger partial charge in [0, 0.05) is 23.5 Å². The number of halogens is 1. The summed E-state index contributed by atoms with van der Waals surface area (Å²) in [4.78, 5) is 28.0. The van der Waals surface area contributed by atoms with Gasteiger partial charge >= 0.3 is 0 Å². The predicted octanol–water partition coefficient (Wildman–Crippen LogP) is 4.29. The van der Waals surface area contributed by atoms with Gasteiger partial charge in [-0.3, -0.25) is 9.59 Å². The lowest BCUT2D eigenvalue weighted by molar-refractivity contribution is -0.139. The van der Waals surface area contributed by atoms with Gasteiger partial charge in [-0.2, -0.15) is 0 Å². The summed E-state index contributed by atoms with van der Waals surface area (Å²) in [6.45, 7) is 4.31. The molecular formula is C21H25ClN2O2S. The number of nitrogens with one attached hydrogen (secondary N) is 1. The van der Waals surface area contributed by atoms with Crippen LogP contribution in [-0.4, -0.2) is 35.6 Å². The molecule has 0 heterocycles. The van der Waals surface area contributed by atoms with Crippen molar-refractivity contribution in [2.45, 2.75) is 37.8 Å². The Balaban J connectivity index is 2.15. The van der Waals surface area contributed by atoms with Crippen molar-refractivity contribution >= 4 is 35.2 Å². The standard InChI is InChI=1S/C21H25ClN2O2S/c1-4-19(21(26)23-3)24(13-16-7-9-17(22)10-8-16)20(25)14-27-18-11-5-15(2)6-12-18/h5-12,19H,4,13-14H2,1-3H3,(H,23,26)/t19-/m0/s1. The van der Waals surface area contributed by atoms with Gasteiger partial charge in [0.05, 0.1) is 5.75 Å². The van der Waals surface area contributed by atoms with Crippen LogP contribution in [0.15, 0.2) is 53.4 Å². The summed E-state index contributed by atoms with van der Waals surface area (Å²) in [7, 11) is 1.59. The summed E-state index contributed by atoms with van der Waals surface area (Å²) in [5, 5.41) is 3.31. The minimum atomic E-state index is -0.503. The maximum Gasteiger partial charge on any atom is 0.242 e. The van der Waals surface area contributed by atoms with Crippen LogP contribution in [0.25, 0.3) is 0 Å². The first-order valence-corrected chi connectivity index (χ1v) is 10.3. The molecule has 4 nitrogen and oxygen atoms in total. The number of amides is 2. The second kappa shape index (κ2) is 10.4. The van der Waals surface area contributed by atoms with Gasteiger partial charge in [0.15, 0.2) is 0 Å². The predicted molar refractivity (Wildman–Crippen MR) is 112 cm³/mol. The molecule has 0 aliphatic carbocycles. The Hall–Kier alpha value is -1.98. The number of thioether (sulfide) groups is 1. The highest BCUT2D eigenvalue weighted by Gasteiger charge is 2.27. The molecule has 0 spiro atoms. The maximum absolute atomic E-state index is 13.0. The lowest BCUT2D eigenvalue weighted by Crippen LogP contribution is -2.48. The van der Waals surface area contributed by atoms with E-state index in [1.807, 2.05) is 50.2 Å². The van der Waals surface area contributed by atoms with Crippen molar-refractivity contribution in [2.24, 2.45) is 0 Å². The third-order valence-electron chi connectivity index (χ3n) is 4.28. The minimum Gasteiger partial charge on any atom is -0.357 e. The molecule has 0 fully saturated rings. The van der Waals surface area contributed by atoms with E-state index < -0.39 is 6.04 Å². The van der Waals surface area contributed by atoms with Gasteiger partial charge in [-0.15, -0.1) is 11.8 Å². The van der Waals surface area contributed by atoms with E-state index in [0.29, 0.717) is 18.0 Å². The topological polar surface area (TPSA) is 49.4 Å². The zero-order chi connectivity index (χ0) is 19.8. The number of carbonyl (C=O) groups is 2. The minimum absolute atomic E-state index is 0.0639. The van der Waals surface area contributed by atoms with E-state index >= 15 is 0 Å². The number of hydrogen-bond donors (Lipinski definition) is 1. The number of aryl methyl sites for hydroxylation is 1. The van der Waals surface area contributed by atoms with E-state index in [1.54, 1.807) is 24.1 Å². The highest BCUT2D eigenvalue weighted by molar-refractivity contribution is 8.00. The van der Waals surface area contributed by atoms with Gasteiger partial charge in [-0.05, 0) is 43.2 Å². The average Bonchev–Trinajstić information content (AvgIpc) is 2.68. The first-order chi connectivity index (χ1) is 12.9. The monoisotopic (exact) mass is 404 g/mol. The molecule has 2 amide bonds. The SMILES string of the molecule is CC[C@@H](C(=O)NC)N(Cc1ccc(Cl)cc1)C(=O)CSc1ccc(C)cc1. The van der Waals surface area contributed by atoms with E-state index in [1.165, 1.54) is 17.3 Å². The Bertz CT molecular complexity index is 763. The molecule has 27 heavy (non-hydrogen) atoms. The van der Waals surface area contributed by atoms with Crippen molar-refractivity contribution in [3.8, 4) is 0 Å². The van der Waals surface area contributed by atoms with Gasteiger partial charge in [0.25, 0.3) is 0 Å². The summed E-state index contributed by atoms with van der Waals surface area (Å²) < 4.78 is 0. The van der Waals surface area contributed by atoms with Crippen molar-refractivity contribution in [1.29, 1.82) is 0 Å². The number of hydrogen-bond acceptors (Lipinski definition) is 3. The van der Waals surface area contributed by atoms with Crippen LogP contribution in [0.3, 0.4) is 0 Å². The Kier molecular flexibility index (Phi) is 8.20. The Morgan fingerprint density at radius 3 is 2.30 bits per heavy atom. The molecule has 0 saturated carbocycles. The molecule has 1 N–H and O–H groups in total. The third-order valence-corrected chi connectivity index (χ3v) is 5.53. The molecule has 2 aromatic carbocycles. The zero-order valence-corrected chi connectivity index (χ0v) is 17.4. The van der Waals surface area contributed by atoms with Crippen LogP contribution in [0, 0.1) is 6.92 Å². The number of likely N-dealkylation sites (N-methyl/N-ethyl adjacent to an activating group) is 1. The Morgan fingerprint density at radius 2 is 1.74 bits per heavy atom. The molecule has 0 bridgehead atoms. The second-order valence-electron chi connectivity index (χ2n) is 6.29. The first kappa shape index (κ1) is 21.3. The van der Waals surface area contributed by atoms with Crippen LogP contribution >= 0.6 is 23.4 Å². The van der Waals surface area contributed by atoms with E-state index in [2.05, 4.69) is 5.32 Å². The van der Waals surface area contributed by atoms with E-state index in [4.69, 9.17) is 11.6 Å². The van der Waals surface area contributed by atoms with Crippen molar-refractivity contribution in [1.82, 2.24) is 10.2 Å². The Morgan fingerprint density at radius 1 is 1.11 bits per heavy atom. The van der Waals surface area contributed by atoms with Gasteiger partial charge in [-0.1, -0.05) is 48.4 Å². The zero-order valence-electron chi connectivity index (χ0n) is 15.9. The van der Waals surface area contributed by atoms with Crippen LogP contribution in [0.2, 0.25) is 5.02 Å². The fourth-order valence-electron chi connectivity index (χ4n) is 2.74. The van der Waals surface area contributed by atoms with Crippen molar-refractivity contribution < 1.29 is 9.59 Å². The van der Waals surface area contributed by atoms with E-state index in [0.717, 1.165) is 10.5 Å². The highest BCUT2D eigenvalue weighted by atomic mass is 35.5. The molecule has 0 aromatic heterocycles. The number of benzene rings is 2. The van der Waals surface area contributed by atoms with Gasteiger partial charge < -0.3 is 10.2 Å². The Labute approximate surface area is 170 Å². The third kappa shape index (κ3) is 6.29. The summed E-state index contributed by atoms with van der Waals surface area (Å²) in [6.07, 6.45) is 0.550. The van der Waals surface area contributed by atoms with Gasteiger partial charge in [-0.25, -0.2) is 0 Å². The maximum atomic E-state index is 13.0. The lowest BCUT2D eigenvalue weighted by atomic mass is 10.1. The van der Waals surface area contributed by atoms with Gasteiger partial charge in [0.2, 0.25) is 11.8 Å². The molecule has 0 radical (unpaired) electrons. The summed E-state index contributed by atoms with van der Waals surface area (Å²) >= 11 is 7.44. The van der Waals surface area contributed by atoms with Crippen molar-refractivity contribution in [3.63, 3.8) is 0 Å². The average molecular weight is 405 g/mol. The summed E-state index contributed by atoms with van der Waals surface area (Å²) in [6, 6.07) is 14.9. The molecule has 0 aliphatic heterocycles. The normalized spacial score (nSPS) is 11.7. The summed E-state index contributed by atoms with van der Waals surface area (Å²) in [5.74, 6) is 0.0653. The van der Waals surface area contributed by atoms with Gasteiger partial charge in [0.1, 0.15) is 6.04 Å². The van der Waals surface area contributed by atoms with Crippen molar-refractivity contribution in [2.75, 3.05) is 12.8 Å². The molecular weight excluding hydrogens is 380 g/mol. The van der Waals surface area contributed by atoms with Crippen LogP contribution < -0.4 is 5.32 Å². The molecule has 2 rings (SSSR count). The molecule has 144 valence electrons. The molecule has 0 aliphatic rings. The first-order valence-electron chi connectivity index (χ1n) is 8.89. The van der Waals surface area contributed by atoms with Crippen LogP contribution in [-0.2, 0) is 16.1 Å². The summed E-state index contributed by atoms with van der Waals surface area (Å²) in [5.41, 5.74) is 2.12. The smallest absolute Gasteiger partial charge is 0.242 e. The quantitative estimate of drug-likeness (QED) is 0.667. The van der Waals surface area contributed by atoms with Crippen LogP contribution in [0.4, 0.5) is 0 Å². The fraction of sp³-hybridized carbons (Fsp3) is 0.333. The molecule has 1 atom stereocenters. The number of rotatable bonds is 8. The molecule has 0 unspecified atom stereocenters. The molecule has 2 aromatic rings. The number of nitrogens with zero attached hydrogens (tertiary/aromatic N) is 1. The molecule has 6 heteroatoms. The highest BCUT2D eigenvalue weighted by Crippen LogP contribution is 2.21. The van der Waals surface area contributed by atoms with Crippen LogP contribution in [0.1, 0.15) is 24.5 Å². The van der Waals surface area contributed by atoms with Crippen LogP contribution in [0.5, 0.6) is 0 Å². The van der Waals surface area contributed by atoms with E-state index in [-0.39, 0.29) is 17.6 Å².